The van der Waals surface area contributed by atoms with E-state index in [4.69, 9.17) is 23.6 Å². The molecule has 2 aromatic carbocycles. The molecule has 1 aromatic heterocycles. The molecule has 1 aliphatic heterocycles. The summed E-state index contributed by atoms with van der Waals surface area (Å²) >= 11 is 1.78. The van der Waals surface area contributed by atoms with Gasteiger partial charge in [-0.05, 0) is 42.0 Å². The zero-order valence-corrected chi connectivity index (χ0v) is 16.8. The SMILES string of the molecule is COc1cc(C2CC(c3ccco3)=Nc3ccccc3S2)cc(OC)c1OC. The molecule has 0 amide bonds. The van der Waals surface area contributed by atoms with Crippen molar-refractivity contribution >= 4 is 23.2 Å². The van der Waals surface area contributed by atoms with Crippen molar-refractivity contribution < 1.29 is 18.6 Å². The quantitative estimate of drug-likeness (QED) is 0.558. The molecule has 5 nitrogen and oxygen atoms in total. The standard InChI is InChI=1S/C22H21NO4S/c1-24-18-11-14(12-19(25-2)22(18)26-3)21-13-16(17-8-6-10-27-17)23-15-7-4-5-9-20(15)28-21/h4-12,21H,13H2,1-3H3. The fourth-order valence-corrected chi connectivity index (χ4v) is 4.49. The van der Waals surface area contributed by atoms with Gasteiger partial charge in [-0.1, -0.05) is 12.1 Å². The lowest BCUT2D eigenvalue weighted by Gasteiger charge is -2.19. The molecule has 1 unspecified atom stereocenters. The third kappa shape index (κ3) is 3.47. The molecule has 28 heavy (non-hydrogen) atoms. The van der Waals surface area contributed by atoms with Crippen molar-refractivity contribution in [1.29, 1.82) is 0 Å². The molecule has 0 saturated heterocycles. The maximum atomic E-state index is 5.64. The number of nitrogens with zero attached hydrogens (tertiary/aromatic N) is 1. The predicted octanol–water partition coefficient (Wildman–Crippen LogP) is 5.66. The third-order valence-electron chi connectivity index (χ3n) is 4.63. The molecule has 0 radical (unpaired) electrons. The first-order chi connectivity index (χ1) is 13.7. The molecule has 0 fully saturated rings. The van der Waals surface area contributed by atoms with Gasteiger partial charge in [0.1, 0.15) is 5.76 Å². The Morgan fingerprint density at radius 3 is 2.36 bits per heavy atom. The fraction of sp³-hybridized carbons (Fsp3) is 0.227. The van der Waals surface area contributed by atoms with Gasteiger partial charge in [0.25, 0.3) is 0 Å². The van der Waals surface area contributed by atoms with Crippen LogP contribution in [0.2, 0.25) is 0 Å². The number of aliphatic imine (C=N–C) groups is 1. The minimum absolute atomic E-state index is 0.112. The van der Waals surface area contributed by atoms with E-state index in [0.717, 1.165) is 27.6 Å². The Hall–Kier alpha value is -2.86. The zero-order valence-electron chi connectivity index (χ0n) is 16.0. The van der Waals surface area contributed by atoms with E-state index in [0.29, 0.717) is 23.7 Å². The molecule has 1 atom stereocenters. The lowest BCUT2D eigenvalue weighted by molar-refractivity contribution is 0.324. The Balaban J connectivity index is 1.81. The van der Waals surface area contributed by atoms with Gasteiger partial charge >= 0.3 is 0 Å². The highest BCUT2D eigenvalue weighted by Gasteiger charge is 2.26. The van der Waals surface area contributed by atoms with Crippen molar-refractivity contribution in [2.45, 2.75) is 16.6 Å². The number of para-hydroxylation sites is 1. The first kappa shape index (κ1) is 18.5. The Labute approximate surface area is 168 Å². The van der Waals surface area contributed by atoms with Gasteiger partial charge in [0.15, 0.2) is 11.5 Å². The van der Waals surface area contributed by atoms with Crippen molar-refractivity contribution in [2.24, 2.45) is 4.99 Å². The van der Waals surface area contributed by atoms with Crippen LogP contribution in [0.5, 0.6) is 17.2 Å². The van der Waals surface area contributed by atoms with Crippen LogP contribution in [0.25, 0.3) is 0 Å². The Bertz CT molecular complexity index is 973. The molecule has 0 spiro atoms. The lowest BCUT2D eigenvalue weighted by Crippen LogP contribution is -2.05. The van der Waals surface area contributed by atoms with E-state index in [1.807, 2.05) is 42.5 Å². The molecule has 2 heterocycles. The number of hydrogen-bond acceptors (Lipinski definition) is 6. The molecule has 0 aliphatic carbocycles. The van der Waals surface area contributed by atoms with Crippen molar-refractivity contribution in [3.05, 3.63) is 66.1 Å². The van der Waals surface area contributed by atoms with E-state index in [9.17, 15) is 0 Å². The second-order valence-electron chi connectivity index (χ2n) is 6.27. The van der Waals surface area contributed by atoms with Crippen LogP contribution in [0.3, 0.4) is 0 Å². The normalized spacial score (nSPS) is 16.0. The number of ether oxygens (including phenoxy) is 3. The second-order valence-corrected chi connectivity index (χ2v) is 7.52. The number of hydrogen-bond donors (Lipinski definition) is 0. The van der Waals surface area contributed by atoms with E-state index >= 15 is 0 Å². The van der Waals surface area contributed by atoms with Crippen LogP contribution >= 0.6 is 11.8 Å². The number of fused-ring (bicyclic) bond motifs is 1. The number of rotatable bonds is 5. The second kappa shape index (κ2) is 8.02. The lowest BCUT2D eigenvalue weighted by atomic mass is 10.0. The minimum Gasteiger partial charge on any atom is -0.493 e. The maximum absolute atomic E-state index is 5.64. The summed E-state index contributed by atoms with van der Waals surface area (Å²) in [6, 6.07) is 16.0. The number of furan rings is 1. The molecule has 144 valence electrons. The van der Waals surface area contributed by atoms with Gasteiger partial charge in [-0.3, -0.25) is 0 Å². The molecule has 3 aromatic rings. The summed E-state index contributed by atoms with van der Waals surface area (Å²) in [5.41, 5.74) is 2.95. The van der Waals surface area contributed by atoms with E-state index in [-0.39, 0.29) is 5.25 Å². The van der Waals surface area contributed by atoms with Crippen LogP contribution in [0.4, 0.5) is 5.69 Å². The van der Waals surface area contributed by atoms with Gasteiger partial charge in [-0.25, -0.2) is 4.99 Å². The van der Waals surface area contributed by atoms with Crippen LogP contribution in [-0.4, -0.2) is 27.0 Å². The van der Waals surface area contributed by atoms with E-state index in [2.05, 4.69) is 6.07 Å². The summed E-state index contributed by atoms with van der Waals surface area (Å²) < 4.78 is 22.2. The van der Waals surface area contributed by atoms with Gasteiger partial charge in [-0.2, -0.15) is 0 Å². The van der Waals surface area contributed by atoms with Gasteiger partial charge in [0.05, 0.1) is 39.0 Å². The van der Waals surface area contributed by atoms with Gasteiger partial charge in [-0.15, -0.1) is 11.8 Å². The number of benzene rings is 2. The number of thioether (sulfide) groups is 1. The highest BCUT2D eigenvalue weighted by atomic mass is 32.2. The molecular weight excluding hydrogens is 374 g/mol. The fourth-order valence-electron chi connectivity index (χ4n) is 3.28. The summed E-state index contributed by atoms with van der Waals surface area (Å²) in [6.07, 6.45) is 2.39. The van der Waals surface area contributed by atoms with Gasteiger partial charge in [0.2, 0.25) is 5.75 Å². The number of methoxy groups -OCH3 is 3. The minimum atomic E-state index is 0.112. The Morgan fingerprint density at radius 1 is 0.964 bits per heavy atom. The summed E-state index contributed by atoms with van der Waals surface area (Å²) in [4.78, 5) is 6.02. The molecule has 4 rings (SSSR count). The summed E-state index contributed by atoms with van der Waals surface area (Å²) in [7, 11) is 4.87. The van der Waals surface area contributed by atoms with E-state index in [1.165, 1.54) is 0 Å². The molecule has 0 saturated carbocycles. The molecule has 6 heteroatoms. The van der Waals surface area contributed by atoms with Crippen LogP contribution < -0.4 is 14.2 Å². The Kier molecular flexibility index (Phi) is 5.30. The summed E-state index contributed by atoms with van der Waals surface area (Å²) in [5, 5.41) is 0.112. The molecule has 0 N–H and O–H groups in total. The summed E-state index contributed by atoms with van der Waals surface area (Å²) in [5.74, 6) is 2.67. The molecule has 1 aliphatic rings. The Morgan fingerprint density at radius 2 is 1.71 bits per heavy atom. The van der Waals surface area contributed by atoms with Crippen molar-refractivity contribution in [3.63, 3.8) is 0 Å². The zero-order chi connectivity index (χ0) is 19.5. The summed E-state index contributed by atoms with van der Waals surface area (Å²) in [6.45, 7) is 0. The average molecular weight is 395 g/mol. The van der Waals surface area contributed by atoms with Gasteiger partial charge < -0.3 is 18.6 Å². The molecule has 0 bridgehead atoms. The van der Waals surface area contributed by atoms with Crippen molar-refractivity contribution in [1.82, 2.24) is 0 Å². The topological polar surface area (TPSA) is 53.2 Å². The van der Waals surface area contributed by atoms with Crippen molar-refractivity contribution in [3.8, 4) is 17.2 Å². The van der Waals surface area contributed by atoms with Crippen LogP contribution in [0, 0.1) is 0 Å². The van der Waals surface area contributed by atoms with E-state index in [1.54, 1.807) is 39.4 Å². The third-order valence-corrected chi connectivity index (χ3v) is 5.96. The van der Waals surface area contributed by atoms with Crippen LogP contribution in [0.1, 0.15) is 23.0 Å². The average Bonchev–Trinajstić information content (AvgIpc) is 3.20. The highest BCUT2D eigenvalue weighted by Crippen LogP contribution is 2.49. The highest BCUT2D eigenvalue weighted by molar-refractivity contribution is 7.99. The van der Waals surface area contributed by atoms with Crippen LogP contribution in [0.15, 0.2) is 69.1 Å². The monoisotopic (exact) mass is 395 g/mol. The largest absolute Gasteiger partial charge is 0.493 e. The smallest absolute Gasteiger partial charge is 0.203 e. The molecular formula is C22H21NO4S. The van der Waals surface area contributed by atoms with Gasteiger partial charge in [0, 0.05) is 16.6 Å². The first-order valence-electron chi connectivity index (χ1n) is 8.90. The first-order valence-corrected chi connectivity index (χ1v) is 9.78. The maximum Gasteiger partial charge on any atom is 0.203 e. The predicted molar refractivity (Wildman–Crippen MR) is 111 cm³/mol. The van der Waals surface area contributed by atoms with Crippen LogP contribution in [-0.2, 0) is 0 Å². The van der Waals surface area contributed by atoms with E-state index < -0.39 is 0 Å². The van der Waals surface area contributed by atoms with Crippen molar-refractivity contribution in [2.75, 3.05) is 21.3 Å².